The van der Waals surface area contributed by atoms with Gasteiger partial charge in [-0.3, -0.25) is 19.7 Å². The Hall–Kier alpha value is -2.85. The van der Waals surface area contributed by atoms with E-state index in [1.54, 1.807) is 15.1 Å². The molecule has 1 saturated heterocycles. The number of halogens is 3. The van der Waals surface area contributed by atoms with Crippen molar-refractivity contribution < 1.29 is 27.7 Å². The number of anilines is 1. The summed E-state index contributed by atoms with van der Waals surface area (Å²) in [5, 5.41) is 13.0. The summed E-state index contributed by atoms with van der Waals surface area (Å²) in [5.74, 6) is -1.13. The lowest BCUT2D eigenvalue weighted by atomic mass is 10.1. The highest BCUT2D eigenvalue weighted by molar-refractivity contribution is 5.95. The van der Waals surface area contributed by atoms with E-state index in [0.717, 1.165) is 6.07 Å². The number of nitrogens with one attached hydrogen (secondary N) is 1. The van der Waals surface area contributed by atoms with Crippen molar-refractivity contribution in [3.63, 3.8) is 0 Å². The average Bonchev–Trinajstić information content (AvgIpc) is 2.58. The van der Waals surface area contributed by atoms with Gasteiger partial charge in [0.05, 0.1) is 4.92 Å². The van der Waals surface area contributed by atoms with Gasteiger partial charge in [-0.1, -0.05) is 0 Å². The first-order valence-electron chi connectivity index (χ1n) is 7.72. The predicted molar refractivity (Wildman–Crippen MR) is 86.0 cm³/mol. The van der Waals surface area contributed by atoms with Gasteiger partial charge in [0, 0.05) is 44.7 Å². The van der Waals surface area contributed by atoms with E-state index in [9.17, 15) is 32.9 Å². The molecule has 1 aromatic carbocycles. The summed E-state index contributed by atoms with van der Waals surface area (Å²) in [6, 6.07) is 3.54. The van der Waals surface area contributed by atoms with Gasteiger partial charge in [0.2, 0.25) is 5.91 Å². The number of rotatable bonds is 4. The van der Waals surface area contributed by atoms with Crippen LogP contribution in [0.15, 0.2) is 18.2 Å². The first kappa shape index (κ1) is 19.5. The maximum absolute atomic E-state index is 12.2. The van der Waals surface area contributed by atoms with Gasteiger partial charge in [-0.15, -0.1) is 0 Å². The maximum atomic E-state index is 12.2. The summed E-state index contributed by atoms with van der Waals surface area (Å²) in [4.78, 5) is 37.1. The molecule has 26 heavy (non-hydrogen) atoms. The summed E-state index contributed by atoms with van der Waals surface area (Å²) in [6.07, 6.45) is -4.57. The fourth-order valence-electron chi connectivity index (χ4n) is 2.62. The number of hydrogen-bond acceptors (Lipinski definition) is 5. The van der Waals surface area contributed by atoms with Crippen LogP contribution < -0.4 is 10.2 Å². The first-order chi connectivity index (χ1) is 12.1. The van der Waals surface area contributed by atoms with Crippen molar-refractivity contribution in [1.82, 2.24) is 10.2 Å². The van der Waals surface area contributed by atoms with E-state index in [4.69, 9.17) is 0 Å². The summed E-state index contributed by atoms with van der Waals surface area (Å²) in [7, 11) is 0. The average molecular weight is 374 g/mol. The number of nitro groups is 1. The predicted octanol–water partition coefficient (Wildman–Crippen LogP) is 1.56. The monoisotopic (exact) mass is 374 g/mol. The van der Waals surface area contributed by atoms with Crippen LogP contribution in [0.4, 0.5) is 24.5 Å². The van der Waals surface area contributed by atoms with Gasteiger partial charge < -0.3 is 15.1 Å². The third-order valence-electron chi connectivity index (χ3n) is 3.95. The zero-order valence-corrected chi connectivity index (χ0v) is 13.9. The van der Waals surface area contributed by atoms with Gasteiger partial charge in [0.1, 0.15) is 12.2 Å². The minimum atomic E-state index is -4.57. The number of nitrogens with zero attached hydrogens (tertiary/aromatic N) is 3. The fraction of sp³-hybridized carbons (Fsp3) is 0.467. The van der Waals surface area contributed by atoms with Crippen LogP contribution in [0.3, 0.4) is 0 Å². The molecule has 0 spiro atoms. The largest absolute Gasteiger partial charge is 0.405 e. The molecule has 1 N–H and O–H groups in total. The highest BCUT2D eigenvalue weighted by atomic mass is 19.4. The molecule has 1 aliphatic heterocycles. The number of alkyl halides is 3. The van der Waals surface area contributed by atoms with Crippen LogP contribution >= 0.6 is 0 Å². The van der Waals surface area contributed by atoms with Crippen LogP contribution in [0.1, 0.15) is 17.3 Å². The SMILES string of the molecule is CC(=O)N1CCN(c2ccc(C(=O)NCC(F)(F)F)cc2[N+](=O)[O-])CC1. The van der Waals surface area contributed by atoms with Crippen molar-refractivity contribution in [2.45, 2.75) is 13.1 Å². The number of benzene rings is 1. The summed E-state index contributed by atoms with van der Waals surface area (Å²) < 4.78 is 36.5. The first-order valence-corrected chi connectivity index (χ1v) is 7.72. The molecule has 0 aliphatic carbocycles. The molecule has 1 aliphatic rings. The van der Waals surface area contributed by atoms with E-state index in [2.05, 4.69) is 0 Å². The maximum Gasteiger partial charge on any atom is 0.405 e. The molecule has 1 fully saturated rings. The summed E-state index contributed by atoms with van der Waals surface area (Å²) in [6.45, 7) is 1.47. The number of hydrogen-bond donors (Lipinski definition) is 1. The Balaban J connectivity index is 2.18. The Labute approximate surface area is 146 Å². The lowest BCUT2D eigenvalue weighted by Gasteiger charge is -2.35. The molecule has 2 amide bonds. The van der Waals surface area contributed by atoms with Crippen LogP contribution in [0.25, 0.3) is 0 Å². The smallest absolute Gasteiger partial charge is 0.362 e. The molecular weight excluding hydrogens is 357 g/mol. The van der Waals surface area contributed by atoms with Crippen LogP contribution in [0, 0.1) is 10.1 Å². The molecule has 0 unspecified atom stereocenters. The zero-order chi connectivity index (χ0) is 19.5. The highest BCUT2D eigenvalue weighted by Crippen LogP contribution is 2.30. The Kier molecular flexibility index (Phi) is 5.68. The lowest BCUT2D eigenvalue weighted by molar-refractivity contribution is -0.384. The van der Waals surface area contributed by atoms with Crippen molar-refractivity contribution in [2.24, 2.45) is 0 Å². The topological polar surface area (TPSA) is 95.8 Å². The minimum Gasteiger partial charge on any atom is -0.362 e. The third kappa shape index (κ3) is 4.83. The minimum absolute atomic E-state index is 0.0872. The van der Waals surface area contributed by atoms with Crippen LogP contribution in [0.2, 0.25) is 0 Å². The molecule has 0 atom stereocenters. The Morgan fingerprint density at radius 2 is 1.85 bits per heavy atom. The Morgan fingerprint density at radius 1 is 1.23 bits per heavy atom. The highest BCUT2D eigenvalue weighted by Gasteiger charge is 2.29. The normalized spacial score (nSPS) is 14.9. The Morgan fingerprint density at radius 3 is 2.35 bits per heavy atom. The van der Waals surface area contributed by atoms with E-state index in [0.29, 0.717) is 26.2 Å². The second kappa shape index (κ2) is 7.58. The summed E-state index contributed by atoms with van der Waals surface area (Å²) in [5.41, 5.74) is -0.349. The molecule has 8 nitrogen and oxygen atoms in total. The molecule has 142 valence electrons. The quantitative estimate of drug-likeness (QED) is 0.637. The van der Waals surface area contributed by atoms with Gasteiger partial charge in [-0.2, -0.15) is 13.2 Å². The van der Waals surface area contributed by atoms with E-state index < -0.39 is 23.6 Å². The van der Waals surface area contributed by atoms with Gasteiger partial charge in [-0.05, 0) is 12.1 Å². The zero-order valence-electron chi connectivity index (χ0n) is 13.9. The van der Waals surface area contributed by atoms with Gasteiger partial charge in [0.15, 0.2) is 0 Å². The molecule has 1 aromatic rings. The van der Waals surface area contributed by atoms with Crippen LogP contribution in [0.5, 0.6) is 0 Å². The summed E-state index contributed by atoms with van der Waals surface area (Å²) >= 11 is 0. The van der Waals surface area contributed by atoms with E-state index in [-0.39, 0.29) is 22.8 Å². The standard InChI is InChI=1S/C15H17F3N4O4/c1-10(23)20-4-6-21(7-5-20)12-3-2-11(8-13(12)22(25)26)14(24)19-9-15(16,17)18/h2-3,8H,4-7,9H2,1H3,(H,19,24). The molecule has 1 heterocycles. The molecule has 0 bridgehead atoms. The van der Waals surface area contributed by atoms with Crippen molar-refractivity contribution in [3.05, 3.63) is 33.9 Å². The Bertz CT molecular complexity index is 715. The second-order valence-electron chi connectivity index (χ2n) is 5.75. The number of piperazine rings is 1. The number of carbonyl (C=O) groups excluding carboxylic acids is 2. The van der Waals surface area contributed by atoms with Crippen molar-refractivity contribution in [3.8, 4) is 0 Å². The van der Waals surface area contributed by atoms with Gasteiger partial charge in [0.25, 0.3) is 11.6 Å². The number of carbonyl (C=O) groups is 2. The van der Waals surface area contributed by atoms with Crippen molar-refractivity contribution in [1.29, 1.82) is 0 Å². The molecule has 11 heteroatoms. The lowest BCUT2D eigenvalue weighted by Crippen LogP contribution is -2.48. The molecule has 2 rings (SSSR count). The van der Waals surface area contributed by atoms with Crippen molar-refractivity contribution >= 4 is 23.2 Å². The second-order valence-corrected chi connectivity index (χ2v) is 5.75. The van der Waals surface area contributed by atoms with E-state index in [1.165, 1.54) is 19.1 Å². The molecule has 0 radical (unpaired) electrons. The molecule has 0 aromatic heterocycles. The fourth-order valence-corrected chi connectivity index (χ4v) is 2.62. The molecule has 0 saturated carbocycles. The molecular formula is C15H17F3N4O4. The van der Waals surface area contributed by atoms with E-state index in [1.807, 2.05) is 0 Å². The number of amides is 2. The van der Waals surface area contributed by atoms with Gasteiger partial charge in [-0.25, -0.2) is 0 Å². The van der Waals surface area contributed by atoms with E-state index >= 15 is 0 Å². The van der Waals surface area contributed by atoms with Gasteiger partial charge >= 0.3 is 6.18 Å². The number of nitro benzene ring substituents is 1. The van der Waals surface area contributed by atoms with Crippen molar-refractivity contribution in [2.75, 3.05) is 37.6 Å². The van der Waals surface area contributed by atoms with Crippen LogP contribution in [-0.2, 0) is 4.79 Å². The van der Waals surface area contributed by atoms with Crippen LogP contribution in [-0.4, -0.2) is 60.5 Å². The third-order valence-corrected chi connectivity index (χ3v) is 3.95.